The van der Waals surface area contributed by atoms with Crippen LogP contribution in [0.4, 0.5) is 11.4 Å². The average Bonchev–Trinajstić information content (AvgIpc) is 2.43. The van der Waals surface area contributed by atoms with Gasteiger partial charge in [-0.1, -0.05) is 13.3 Å². The summed E-state index contributed by atoms with van der Waals surface area (Å²) in [5, 5.41) is 14.5. The highest BCUT2D eigenvalue weighted by atomic mass is 16.6. The SMILES string of the molecule is CCC1CCC(Nc2cc(C)c([N+](=O)[O-])cc2C)CC1. The maximum Gasteiger partial charge on any atom is 0.272 e. The standard InChI is InChI=1S/C16H24N2O2/c1-4-13-5-7-14(8-6-13)17-15-9-12(3)16(18(19)20)10-11(15)2/h9-10,13-14,17H,4-8H2,1-3H3. The number of hydrogen-bond donors (Lipinski definition) is 1. The van der Waals surface area contributed by atoms with Gasteiger partial charge in [0.25, 0.3) is 5.69 Å². The summed E-state index contributed by atoms with van der Waals surface area (Å²) in [7, 11) is 0. The molecule has 4 heteroatoms. The molecule has 1 N–H and O–H groups in total. The summed E-state index contributed by atoms with van der Waals surface area (Å²) < 4.78 is 0. The molecule has 110 valence electrons. The molecule has 1 aliphatic carbocycles. The number of nitrogens with one attached hydrogen (secondary N) is 1. The van der Waals surface area contributed by atoms with Gasteiger partial charge in [-0.15, -0.1) is 0 Å². The molecule has 0 spiro atoms. The van der Waals surface area contributed by atoms with E-state index in [1.807, 2.05) is 13.0 Å². The fourth-order valence-corrected chi connectivity index (χ4v) is 3.09. The van der Waals surface area contributed by atoms with E-state index in [4.69, 9.17) is 0 Å². The van der Waals surface area contributed by atoms with Crippen molar-refractivity contribution >= 4 is 11.4 Å². The highest BCUT2D eigenvalue weighted by Gasteiger charge is 2.21. The van der Waals surface area contributed by atoms with E-state index in [0.29, 0.717) is 6.04 Å². The van der Waals surface area contributed by atoms with Gasteiger partial charge >= 0.3 is 0 Å². The van der Waals surface area contributed by atoms with Gasteiger partial charge in [-0.3, -0.25) is 10.1 Å². The third-order valence-corrected chi connectivity index (χ3v) is 4.52. The van der Waals surface area contributed by atoms with Crippen LogP contribution in [0, 0.1) is 29.9 Å². The fraction of sp³-hybridized carbons (Fsp3) is 0.625. The van der Waals surface area contributed by atoms with E-state index < -0.39 is 0 Å². The molecule has 0 aromatic heterocycles. The number of nitro benzene ring substituents is 1. The minimum atomic E-state index is -0.307. The molecule has 1 saturated carbocycles. The smallest absolute Gasteiger partial charge is 0.272 e. The maximum absolute atomic E-state index is 10.9. The fourth-order valence-electron chi connectivity index (χ4n) is 3.09. The summed E-state index contributed by atoms with van der Waals surface area (Å²) in [5.74, 6) is 0.882. The number of aryl methyl sites for hydroxylation is 2. The summed E-state index contributed by atoms with van der Waals surface area (Å²) in [6.07, 6.45) is 6.27. The zero-order chi connectivity index (χ0) is 14.7. The average molecular weight is 276 g/mol. The molecule has 1 aromatic carbocycles. The van der Waals surface area contributed by atoms with Crippen molar-refractivity contribution in [1.82, 2.24) is 0 Å². The van der Waals surface area contributed by atoms with Gasteiger partial charge in [-0.2, -0.15) is 0 Å². The van der Waals surface area contributed by atoms with Gasteiger partial charge in [0.1, 0.15) is 0 Å². The van der Waals surface area contributed by atoms with E-state index in [0.717, 1.165) is 22.7 Å². The van der Waals surface area contributed by atoms with Gasteiger partial charge < -0.3 is 5.32 Å². The van der Waals surface area contributed by atoms with Crippen molar-refractivity contribution in [3.63, 3.8) is 0 Å². The molecular weight excluding hydrogens is 252 g/mol. The minimum Gasteiger partial charge on any atom is -0.382 e. The predicted molar refractivity (Wildman–Crippen MR) is 82.2 cm³/mol. The number of nitrogens with zero attached hydrogens (tertiary/aromatic N) is 1. The van der Waals surface area contributed by atoms with Crippen molar-refractivity contribution in [3.05, 3.63) is 33.4 Å². The lowest BCUT2D eigenvalue weighted by atomic mass is 9.84. The van der Waals surface area contributed by atoms with Crippen LogP contribution < -0.4 is 5.32 Å². The first-order chi connectivity index (χ1) is 9.51. The van der Waals surface area contributed by atoms with E-state index in [1.54, 1.807) is 13.0 Å². The third kappa shape index (κ3) is 3.30. The Balaban J connectivity index is 2.07. The number of hydrogen-bond acceptors (Lipinski definition) is 3. The molecule has 0 heterocycles. The molecule has 0 unspecified atom stereocenters. The molecule has 0 radical (unpaired) electrons. The summed E-state index contributed by atoms with van der Waals surface area (Å²) in [6.45, 7) is 6.01. The zero-order valence-electron chi connectivity index (χ0n) is 12.6. The first-order valence-corrected chi connectivity index (χ1v) is 7.53. The lowest BCUT2D eigenvalue weighted by molar-refractivity contribution is -0.385. The Morgan fingerprint density at radius 1 is 1.20 bits per heavy atom. The molecule has 4 nitrogen and oxygen atoms in total. The van der Waals surface area contributed by atoms with Crippen LogP contribution in [-0.2, 0) is 0 Å². The molecule has 1 aromatic rings. The molecule has 0 aliphatic heterocycles. The van der Waals surface area contributed by atoms with Crippen LogP contribution in [-0.4, -0.2) is 11.0 Å². The van der Waals surface area contributed by atoms with Gasteiger partial charge in [0, 0.05) is 23.4 Å². The number of rotatable bonds is 4. The van der Waals surface area contributed by atoms with Crippen molar-refractivity contribution < 1.29 is 4.92 Å². The molecule has 1 aliphatic rings. The lowest BCUT2D eigenvalue weighted by Crippen LogP contribution is -2.26. The van der Waals surface area contributed by atoms with Crippen LogP contribution in [0.1, 0.15) is 50.2 Å². The normalized spacial score (nSPS) is 22.6. The second-order valence-electron chi connectivity index (χ2n) is 5.98. The maximum atomic E-state index is 10.9. The Kier molecular flexibility index (Phi) is 4.63. The molecule has 2 rings (SSSR count). The Morgan fingerprint density at radius 2 is 1.85 bits per heavy atom. The molecule has 0 saturated heterocycles. The Hall–Kier alpha value is -1.58. The van der Waals surface area contributed by atoms with Crippen LogP contribution in [0.25, 0.3) is 0 Å². The molecule has 1 fully saturated rings. The van der Waals surface area contributed by atoms with Crippen molar-refractivity contribution in [2.45, 2.75) is 58.9 Å². The van der Waals surface area contributed by atoms with E-state index in [1.165, 1.54) is 32.1 Å². The minimum absolute atomic E-state index is 0.211. The lowest BCUT2D eigenvalue weighted by Gasteiger charge is -2.29. The van der Waals surface area contributed by atoms with Crippen LogP contribution in [0.3, 0.4) is 0 Å². The molecule has 0 atom stereocenters. The summed E-state index contributed by atoms with van der Waals surface area (Å²) >= 11 is 0. The van der Waals surface area contributed by atoms with Crippen LogP contribution in [0.15, 0.2) is 12.1 Å². The monoisotopic (exact) mass is 276 g/mol. The quantitative estimate of drug-likeness (QED) is 0.646. The Labute approximate surface area is 120 Å². The predicted octanol–water partition coefficient (Wildman–Crippen LogP) is 4.59. The molecule has 0 amide bonds. The van der Waals surface area contributed by atoms with Crippen molar-refractivity contribution in [2.75, 3.05) is 5.32 Å². The van der Waals surface area contributed by atoms with Gasteiger partial charge in [0.05, 0.1) is 4.92 Å². The van der Waals surface area contributed by atoms with Gasteiger partial charge in [0.15, 0.2) is 0 Å². The highest BCUT2D eigenvalue weighted by molar-refractivity contribution is 5.59. The Bertz CT molecular complexity index is 491. The molecule has 20 heavy (non-hydrogen) atoms. The van der Waals surface area contributed by atoms with E-state index >= 15 is 0 Å². The second kappa shape index (κ2) is 6.25. The first-order valence-electron chi connectivity index (χ1n) is 7.53. The van der Waals surface area contributed by atoms with Gasteiger partial charge in [0.2, 0.25) is 0 Å². The van der Waals surface area contributed by atoms with E-state index in [9.17, 15) is 10.1 Å². The van der Waals surface area contributed by atoms with E-state index in [2.05, 4.69) is 12.2 Å². The summed E-state index contributed by atoms with van der Waals surface area (Å²) in [5.41, 5.74) is 2.95. The largest absolute Gasteiger partial charge is 0.382 e. The molecular formula is C16H24N2O2. The van der Waals surface area contributed by atoms with Crippen molar-refractivity contribution in [1.29, 1.82) is 0 Å². The zero-order valence-corrected chi connectivity index (χ0v) is 12.6. The Morgan fingerprint density at radius 3 is 2.40 bits per heavy atom. The van der Waals surface area contributed by atoms with Crippen LogP contribution in [0.5, 0.6) is 0 Å². The second-order valence-corrected chi connectivity index (χ2v) is 5.98. The van der Waals surface area contributed by atoms with Gasteiger partial charge in [-0.05, 0) is 57.1 Å². The highest BCUT2D eigenvalue weighted by Crippen LogP contribution is 2.31. The topological polar surface area (TPSA) is 55.2 Å². The number of nitro groups is 1. The van der Waals surface area contributed by atoms with Crippen LogP contribution >= 0.6 is 0 Å². The van der Waals surface area contributed by atoms with Crippen molar-refractivity contribution in [3.8, 4) is 0 Å². The van der Waals surface area contributed by atoms with Crippen LogP contribution in [0.2, 0.25) is 0 Å². The first kappa shape index (κ1) is 14.8. The summed E-state index contributed by atoms with van der Waals surface area (Å²) in [6, 6.07) is 4.10. The molecule has 0 bridgehead atoms. The number of anilines is 1. The van der Waals surface area contributed by atoms with E-state index in [-0.39, 0.29) is 10.6 Å². The summed E-state index contributed by atoms with van der Waals surface area (Å²) in [4.78, 5) is 10.6. The third-order valence-electron chi connectivity index (χ3n) is 4.52. The number of benzene rings is 1. The van der Waals surface area contributed by atoms with Crippen molar-refractivity contribution in [2.24, 2.45) is 5.92 Å². The van der Waals surface area contributed by atoms with Gasteiger partial charge in [-0.25, -0.2) is 0 Å².